The van der Waals surface area contributed by atoms with Crippen molar-refractivity contribution in [3.8, 4) is 0 Å². The summed E-state index contributed by atoms with van der Waals surface area (Å²) < 4.78 is 5.63. The van der Waals surface area contributed by atoms with Gasteiger partial charge in [-0.25, -0.2) is 0 Å². The molecule has 2 aliphatic heterocycles. The Labute approximate surface area is 80.4 Å². The largest absolute Gasteiger partial charge is 0.377 e. The summed E-state index contributed by atoms with van der Waals surface area (Å²) in [6, 6.07) is 0.648. The quantitative estimate of drug-likeness (QED) is 0.675. The maximum absolute atomic E-state index is 5.63. The average molecular weight is 184 g/mol. The minimum Gasteiger partial charge on any atom is -0.377 e. The van der Waals surface area contributed by atoms with Crippen LogP contribution in [-0.4, -0.2) is 49.8 Å². The highest BCUT2D eigenvalue weighted by Crippen LogP contribution is 2.13. The summed E-state index contributed by atoms with van der Waals surface area (Å²) in [6.45, 7) is 7.87. The first-order valence-electron chi connectivity index (χ1n) is 5.42. The van der Waals surface area contributed by atoms with Crippen molar-refractivity contribution in [1.29, 1.82) is 0 Å². The van der Waals surface area contributed by atoms with Gasteiger partial charge in [0.15, 0.2) is 0 Å². The van der Waals surface area contributed by atoms with Crippen molar-refractivity contribution in [3.05, 3.63) is 0 Å². The SMILES string of the molecule is C[C@@H]1CN(CC2CCCO2)CCN1. The molecule has 0 spiro atoms. The standard InChI is InChI=1S/C10H20N2O/c1-9-7-12(5-4-11-9)8-10-3-2-6-13-10/h9-11H,2-8H2,1H3/t9-,10?/m1/s1. The van der Waals surface area contributed by atoms with Crippen LogP contribution in [0.3, 0.4) is 0 Å². The average Bonchev–Trinajstić information content (AvgIpc) is 2.57. The van der Waals surface area contributed by atoms with Crippen LogP contribution in [0.5, 0.6) is 0 Å². The van der Waals surface area contributed by atoms with Gasteiger partial charge in [-0.2, -0.15) is 0 Å². The molecule has 3 heteroatoms. The van der Waals surface area contributed by atoms with Crippen molar-refractivity contribution in [2.24, 2.45) is 0 Å². The number of ether oxygens (including phenoxy) is 1. The van der Waals surface area contributed by atoms with Crippen LogP contribution in [0.2, 0.25) is 0 Å². The summed E-state index contributed by atoms with van der Waals surface area (Å²) >= 11 is 0. The first-order chi connectivity index (χ1) is 6.34. The summed E-state index contributed by atoms with van der Waals surface area (Å²) in [5.41, 5.74) is 0. The van der Waals surface area contributed by atoms with Crippen LogP contribution in [0.25, 0.3) is 0 Å². The lowest BCUT2D eigenvalue weighted by Gasteiger charge is -2.33. The zero-order chi connectivity index (χ0) is 9.10. The second-order valence-corrected chi connectivity index (χ2v) is 4.25. The highest BCUT2D eigenvalue weighted by molar-refractivity contribution is 4.78. The molecule has 2 rings (SSSR count). The molecule has 2 atom stereocenters. The van der Waals surface area contributed by atoms with Crippen molar-refractivity contribution in [1.82, 2.24) is 10.2 Å². The van der Waals surface area contributed by atoms with Crippen molar-refractivity contribution in [3.63, 3.8) is 0 Å². The molecule has 2 saturated heterocycles. The molecule has 76 valence electrons. The Morgan fingerprint density at radius 1 is 1.54 bits per heavy atom. The number of hydrogen-bond acceptors (Lipinski definition) is 3. The third kappa shape index (κ3) is 2.66. The molecule has 0 aliphatic carbocycles. The van der Waals surface area contributed by atoms with Gasteiger partial charge in [-0.15, -0.1) is 0 Å². The highest BCUT2D eigenvalue weighted by atomic mass is 16.5. The number of hydrogen-bond donors (Lipinski definition) is 1. The molecule has 0 aromatic rings. The predicted octanol–water partition coefficient (Wildman–Crippen LogP) is 0.459. The fourth-order valence-corrected chi connectivity index (χ4v) is 2.25. The van der Waals surface area contributed by atoms with Gasteiger partial charge in [0.05, 0.1) is 6.10 Å². The van der Waals surface area contributed by atoms with Crippen molar-refractivity contribution < 1.29 is 4.74 Å². The van der Waals surface area contributed by atoms with Crippen LogP contribution in [0.4, 0.5) is 0 Å². The maximum atomic E-state index is 5.63. The van der Waals surface area contributed by atoms with Gasteiger partial charge >= 0.3 is 0 Å². The van der Waals surface area contributed by atoms with Gasteiger partial charge in [0, 0.05) is 38.8 Å². The van der Waals surface area contributed by atoms with Crippen molar-refractivity contribution in [2.75, 3.05) is 32.8 Å². The van der Waals surface area contributed by atoms with Crippen LogP contribution >= 0.6 is 0 Å². The fourth-order valence-electron chi connectivity index (χ4n) is 2.25. The molecular formula is C10H20N2O. The van der Waals surface area contributed by atoms with Gasteiger partial charge in [0.2, 0.25) is 0 Å². The summed E-state index contributed by atoms with van der Waals surface area (Å²) in [5.74, 6) is 0. The molecule has 0 saturated carbocycles. The van der Waals surface area contributed by atoms with Crippen molar-refractivity contribution in [2.45, 2.75) is 31.9 Å². The number of nitrogens with one attached hydrogen (secondary N) is 1. The van der Waals surface area contributed by atoms with Gasteiger partial charge < -0.3 is 10.1 Å². The highest BCUT2D eigenvalue weighted by Gasteiger charge is 2.22. The number of rotatable bonds is 2. The number of nitrogens with zero attached hydrogens (tertiary/aromatic N) is 1. The molecule has 1 N–H and O–H groups in total. The molecule has 13 heavy (non-hydrogen) atoms. The zero-order valence-corrected chi connectivity index (χ0v) is 8.46. The van der Waals surface area contributed by atoms with E-state index in [4.69, 9.17) is 4.74 Å². The van der Waals surface area contributed by atoms with E-state index in [1.807, 2.05) is 0 Å². The minimum absolute atomic E-state index is 0.519. The Bertz CT molecular complexity index is 157. The number of piperazine rings is 1. The van der Waals surface area contributed by atoms with E-state index in [1.165, 1.54) is 25.9 Å². The summed E-state index contributed by atoms with van der Waals surface area (Å²) in [6.07, 6.45) is 3.04. The van der Waals surface area contributed by atoms with Crippen LogP contribution in [-0.2, 0) is 4.74 Å². The van der Waals surface area contributed by atoms with Crippen LogP contribution in [0.1, 0.15) is 19.8 Å². The van der Waals surface area contributed by atoms with Gasteiger partial charge in [-0.05, 0) is 19.8 Å². The molecule has 2 fully saturated rings. The zero-order valence-electron chi connectivity index (χ0n) is 8.46. The molecule has 0 amide bonds. The molecule has 0 bridgehead atoms. The first-order valence-corrected chi connectivity index (χ1v) is 5.42. The van der Waals surface area contributed by atoms with Gasteiger partial charge in [-0.1, -0.05) is 0 Å². The molecule has 0 radical (unpaired) electrons. The van der Waals surface area contributed by atoms with Crippen LogP contribution < -0.4 is 5.32 Å². The third-order valence-electron chi connectivity index (χ3n) is 2.94. The van der Waals surface area contributed by atoms with E-state index in [1.54, 1.807) is 0 Å². The normalized spacial score (nSPS) is 36.7. The molecule has 1 unspecified atom stereocenters. The van der Waals surface area contributed by atoms with Crippen LogP contribution in [0, 0.1) is 0 Å². The summed E-state index contributed by atoms with van der Waals surface area (Å²) in [4.78, 5) is 2.52. The smallest absolute Gasteiger partial charge is 0.0702 e. The first kappa shape index (κ1) is 9.44. The van der Waals surface area contributed by atoms with E-state index in [9.17, 15) is 0 Å². The summed E-state index contributed by atoms with van der Waals surface area (Å²) in [5, 5.41) is 3.45. The van der Waals surface area contributed by atoms with E-state index in [0.29, 0.717) is 12.1 Å². The monoisotopic (exact) mass is 184 g/mol. The fraction of sp³-hybridized carbons (Fsp3) is 1.00. The molecule has 2 heterocycles. The minimum atomic E-state index is 0.519. The molecular weight excluding hydrogens is 164 g/mol. The Balaban J connectivity index is 1.73. The lowest BCUT2D eigenvalue weighted by Crippen LogP contribution is -2.51. The van der Waals surface area contributed by atoms with Gasteiger partial charge in [0.25, 0.3) is 0 Å². The van der Waals surface area contributed by atoms with E-state index >= 15 is 0 Å². The second-order valence-electron chi connectivity index (χ2n) is 4.25. The van der Waals surface area contributed by atoms with Crippen LogP contribution in [0.15, 0.2) is 0 Å². The third-order valence-corrected chi connectivity index (χ3v) is 2.94. The van der Waals surface area contributed by atoms with E-state index in [0.717, 1.165) is 19.7 Å². The Morgan fingerprint density at radius 2 is 2.46 bits per heavy atom. The Hall–Kier alpha value is -0.120. The van der Waals surface area contributed by atoms with Gasteiger partial charge in [0.1, 0.15) is 0 Å². The lowest BCUT2D eigenvalue weighted by molar-refractivity contribution is 0.0638. The Morgan fingerprint density at radius 3 is 3.15 bits per heavy atom. The Kier molecular flexibility index (Phi) is 3.19. The lowest BCUT2D eigenvalue weighted by atomic mass is 10.2. The molecule has 3 nitrogen and oxygen atoms in total. The maximum Gasteiger partial charge on any atom is 0.0702 e. The van der Waals surface area contributed by atoms with E-state index < -0.39 is 0 Å². The van der Waals surface area contributed by atoms with Crippen molar-refractivity contribution >= 4 is 0 Å². The topological polar surface area (TPSA) is 24.5 Å². The molecule has 0 aromatic carbocycles. The second kappa shape index (κ2) is 4.40. The predicted molar refractivity (Wildman–Crippen MR) is 52.9 cm³/mol. The van der Waals surface area contributed by atoms with Gasteiger partial charge in [-0.3, -0.25) is 4.90 Å². The molecule has 2 aliphatic rings. The van der Waals surface area contributed by atoms with E-state index in [2.05, 4.69) is 17.1 Å². The molecule has 0 aromatic heterocycles. The summed E-state index contributed by atoms with van der Waals surface area (Å²) in [7, 11) is 0. The van der Waals surface area contributed by atoms with E-state index in [-0.39, 0.29) is 0 Å².